The van der Waals surface area contributed by atoms with Crippen molar-refractivity contribution in [3.63, 3.8) is 0 Å². The summed E-state index contributed by atoms with van der Waals surface area (Å²) in [5.74, 6) is 0.426. The second-order valence-corrected chi connectivity index (χ2v) is 6.60. The van der Waals surface area contributed by atoms with E-state index in [9.17, 15) is 4.79 Å². The molecule has 0 atom stereocenters. The lowest BCUT2D eigenvalue weighted by Crippen LogP contribution is -2.24. The maximum atomic E-state index is 12.8. The molecule has 29 heavy (non-hydrogen) atoms. The number of benzene rings is 2. The van der Waals surface area contributed by atoms with Crippen molar-refractivity contribution in [2.24, 2.45) is 0 Å². The number of pyridine rings is 1. The third-order valence-corrected chi connectivity index (χ3v) is 4.69. The number of nitrogens with one attached hydrogen (secondary N) is 1. The van der Waals surface area contributed by atoms with Gasteiger partial charge in [-0.3, -0.25) is 9.78 Å². The van der Waals surface area contributed by atoms with E-state index in [0.717, 1.165) is 17.4 Å². The molecule has 0 aliphatic carbocycles. The second kappa shape index (κ2) is 8.48. The largest absolute Gasteiger partial charge is 0.352 e. The molecule has 0 radical (unpaired) electrons. The maximum Gasteiger partial charge on any atom is 0.274 e. The highest BCUT2D eigenvalue weighted by Gasteiger charge is 2.14. The van der Waals surface area contributed by atoms with Crippen LogP contribution in [0.3, 0.4) is 0 Å². The van der Waals surface area contributed by atoms with Crippen molar-refractivity contribution in [1.29, 1.82) is 0 Å². The quantitative estimate of drug-likeness (QED) is 0.537. The Kier molecular flexibility index (Phi) is 5.42. The number of para-hydroxylation sites is 1. The summed E-state index contributed by atoms with van der Waals surface area (Å²) in [5, 5.41) is 3.89. The number of hydrogen-bond acceptors (Lipinski definition) is 5. The fourth-order valence-corrected chi connectivity index (χ4v) is 3.19. The Morgan fingerprint density at radius 2 is 1.79 bits per heavy atom. The fraction of sp³-hybridized carbons (Fsp3) is 0.130. The molecule has 144 valence electrons. The summed E-state index contributed by atoms with van der Waals surface area (Å²) >= 11 is 0. The summed E-state index contributed by atoms with van der Waals surface area (Å²) in [5.41, 5.74) is 2.90. The van der Waals surface area contributed by atoms with Crippen LogP contribution in [0.15, 0.2) is 79.3 Å². The first-order valence-corrected chi connectivity index (χ1v) is 9.50. The number of nitrogens with zero attached hydrogens (tertiary/aromatic N) is 4. The van der Waals surface area contributed by atoms with Gasteiger partial charge < -0.3 is 10.2 Å². The van der Waals surface area contributed by atoms with E-state index in [1.165, 1.54) is 11.9 Å². The van der Waals surface area contributed by atoms with Gasteiger partial charge in [-0.1, -0.05) is 48.5 Å². The molecule has 0 aliphatic heterocycles. The van der Waals surface area contributed by atoms with Gasteiger partial charge in [0.05, 0.1) is 11.2 Å². The van der Waals surface area contributed by atoms with Crippen molar-refractivity contribution >= 4 is 28.3 Å². The van der Waals surface area contributed by atoms with Gasteiger partial charge in [-0.05, 0) is 24.6 Å². The Bertz CT molecular complexity index is 1120. The molecule has 2 aromatic heterocycles. The molecule has 1 N–H and O–H groups in total. The van der Waals surface area contributed by atoms with Gasteiger partial charge in [0.15, 0.2) is 0 Å². The van der Waals surface area contributed by atoms with E-state index in [2.05, 4.69) is 44.2 Å². The minimum atomic E-state index is -0.289. The van der Waals surface area contributed by atoms with E-state index in [1.807, 2.05) is 48.5 Å². The molecule has 6 heteroatoms. The Morgan fingerprint density at radius 3 is 2.62 bits per heavy atom. The lowest BCUT2D eigenvalue weighted by molar-refractivity contribution is 0.102. The van der Waals surface area contributed by atoms with Gasteiger partial charge in [-0.2, -0.15) is 0 Å². The van der Waals surface area contributed by atoms with Crippen molar-refractivity contribution in [3.05, 3.63) is 90.5 Å². The lowest BCUT2D eigenvalue weighted by Gasteiger charge is -2.22. The molecule has 0 saturated carbocycles. The zero-order valence-electron chi connectivity index (χ0n) is 16.1. The van der Waals surface area contributed by atoms with Crippen molar-refractivity contribution in [2.75, 3.05) is 16.8 Å². The number of carbonyl (C=O) groups is 1. The standard InChI is InChI=1S/C23H21N5O/c1-2-28(15-17-8-4-3-5-9-17)21-14-20(25-16-26-21)23(29)27-19-12-6-10-18-11-7-13-24-22(18)19/h3-14,16H,2,15H2,1H3,(H,27,29). The number of rotatable bonds is 6. The minimum Gasteiger partial charge on any atom is -0.352 e. The van der Waals surface area contributed by atoms with Gasteiger partial charge in [0.1, 0.15) is 17.8 Å². The van der Waals surface area contributed by atoms with Crippen LogP contribution in [0.25, 0.3) is 10.9 Å². The first-order chi connectivity index (χ1) is 14.2. The third-order valence-electron chi connectivity index (χ3n) is 4.69. The molecule has 2 heterocycles. The van der Waals surface area contributed by atoms with Crippen LogP contribution in [-0.4, -0.2) is 27.4 Å². The van der Waals surface area contributed by atoms with E-state index < -0.39 is 0 Å². The summed E-state index contributed by atoms with van der Waals surface area (Å²) in [7, 11) is 0. The summed E-state index contributed by atoms with van der Waals surface area (Å²) in [4.78, 5) is 27.9. The van der Waals surface area contributed by atoms with Gasteiger partial charge in [-0.25, -0.2) is 9.97 Å². The van der Waals surface area contributed by atoms with Crippen molar-refractivity contribution < 1.29 is 4.79 Å². The monoisotopic (exact) mass is 383 g/mol. The van der Waals surface area contributed by atoms with Crippen LogP contribution in [0.2, 0.25) is 0 Å². The number of anilines is 2. The van der Waals surface area contributed by atoms with Crippen LogP contribution in [0.1, 0.15) is 23.0 Å². The molecule has 0 aliphatic rings. The molecule has 2 aromatic carbocycles. The highest BCUT2D eigenvalue weighted by molar-refractivity contribution is 6.07. The number of amides is 1. The summed E-state index contributed by atoms with van der Waals surface area (Å²) in [6.07, 6.45) is 3.14. The third kappa shape index (κ3) is 4.21. The first kappa shape index (κ1) is 18.6. The highest BCUT2D eigenvalue weighted by atomic mass is 16.1. The van der Waals surface area contributed by atoms with Gasteiger partial charge >= 0.3 is 0 Å². The SMILES string of the molecule is CCN(Cc1ccccc1)c1cc(C(=O)Nc2cccc3cccnc23)ncn1. The Labute approximate surface area is 169 Å². The molecule has 6 nitrogen and oxygen atoms in total. The van der Waals surface area contributed by atoms with Crippen LogP contribution in [0, 0.1) is 0 Å². The van der Waals surface area contributed by atoms with Gasteiger partial charge in [0.25, 0.3) is 5.91 Å². The van der Waals surface area contributed by atoms with E-state index in [4.69, 9.17) is 0 Å². The van der Waals surface area contributed by atoms with Gasteiger partial charge in [0.2, 0.25) is 0 Å². The molecular formula is C23H21N5O. The van der Waals surface area contributed by atoms with Crippen LogP contribution < -0.4 is 10.2 Å². The average Bonchev–Trinajstić information content (AvgIpc) is 2.78. The number of fused-ring (bicyclic) bond motifs is 1. The maximum absolute atomic E-state index is 12.8. The topological polar surface area (TPSA) is 71.0 Å². The summed E-state index contributed by atoms with van der Waals surface area (Å²) in [6.45, 7) is 3.54. The molecule has 4 rings (SSSR count). The lowest BCUT2D eigenvalue weighted by atomic mass is 10.2. The van der Waals surface area contributed by atoms with Crippen LogP contribution in [0.4, 0.5) is 11.5 Å². The molecule has 0 fully saturated rings. The number of hydrogen-bond donors (Lipinski definition) is 1. The van der Waals surface area contributed by atoms with Crippen LogP contribution in [-0.2, 0) is 6.54 Å². The van der Waals surface area contributed by atoms with Crippen LogP contribution in [0.5, 0.6) is 0 Å². The first-order valence-electron chi connectivity index (χ1n) is 9.50. The van der Waals surface area contributed by atoms with E-state index in [-0.39, 0.29) is 5.91 Å². The zero-order chi connectivity index (χ0) is 20.1. The van der Waals surface area contributed by atoms with Crippen LogP contribution >= 0.6 is 0 Å². The zero-order valence-corrected chi connectivity index (χ0v) is 16.1. The molecular weight excluding hydrogens is 362 g/mol. The summed E-state index contributed by atoms with van der Waals surface area (Å²) < 4.78 is 0. The highest BCUT2D eigenvalue weighted by Crippen LogP contribution is 2.22. The molecule has 0 unspecified atom stereocenters. The van der Waals surface area contributed by atoms with E-state index >= 15 is 0 Å². The van der Waals surface area contributed by atoms with Crippen molar-refractivity contribution in [2.45, 2.75) is 13.5 Å². The Hall–Kier alpha value is -3.80. The Balaban J connectivity index is 1.56. The Morgan fingerprint density at radius 1 is 0.966 bits per heavy atom. The molecule has 0 saturated heterocycles. The van der Waals surface area contributed by atoms with Crippen molar-refractivity contribution in [1.82, 2.24) is 15.0 Å². The molecule has 4 aromatic rings. The molecule has 0 spiro atoms. The van der Waals surface area contributed by atoms with Gasteiger partial charge in [0, 0.05) is 30.7 Å². The molecule has 1 amide bonds. The van der Waals surface area contributed by atoms with Gasteiger partial charge in [-0.15, -0.1) is 0 Å². The van der Waals surface area contributed by atoms with E-state index in [0.29, 0.717) is 23.7 Å². The van der Waals surface area contributed by atoms with Crippen molar-refractivity contribution in [3.8, 4) is 0 Å². The smallest absolute Gasteiger partial charge is 0.274 e. The normalized spacial score (nSPS) is 10.7. The molecule has 0 bridgehead atoms. The summed E-state index contributed by atoms with van der Waals surface area (Å²) in [6, 6.07) is 21.4. The second-order valence-electron chi connectivity index (χ2n) is 6.60. The number of aromatic nitrogens is 3. The minimum absolute atomic E-state index is 0.289. The number of carbonyl (C=O) groups excluding carboxylic acids is 1. The predicted molar refractivity (Wildman–Crippen MR) is 115 cm³/mol. The fourth-order valence-electron chi connectivity index (χ4n) is 3.19. The van der Waals surface area contributed by atoms with E-state index in [1.54, 1.807) is 12.3 Å². The predicted octanol–water partition coefficient (Wildman–Crippen LogP) is 4.30. The average molecular weight is 383 g/mol.